The van der Waals surface area contributed by atoms with E-state index in [-0.39, 0.29) is 5.43 Å². The van der Waals surface area contributed by atoms with E-state index in [2.05, 4.69) is 64.1 Å². The summed E-state index contributed by atoms with van der Waals surface area (Å²) in [6.45, 7) is 8.41. The number of benzene rings is 4. The fourth-order valence-electron chi connectivity index (χ4n) is 4.71. The zero-order chi connectivity index (χ0) is 21.7. The number of hydrogen-bond acceptors (Lipinski definition) is 2. The summed E-state index contributed by atoms with van der Waals surface area (Å²) in [7, 11) is 0. The monoisotopic (exact) mass is 404 g/mol. The topological polar surface area (TPSA) is 30.2 Å². The van der Waals surface area contributed by atoms with Gasteiger partial charge in [0.1, 0.15) is 11.2 Å². The molecular formula is C29H24O2. The average Bonchev–Trinajstić information content (AvgIpc) is 2.74. The Labute approximate surface area is 181 Å². The molecule has 0 atom stereocenters. The van der Waals surface area contributed by atoms with Crippen molar-refractivity contribution in [2.45, 2.75) is 27.7 Å². The van der Waals surface area contributed by atoms with Crippen molar-refractivity contribution in [3.63, 3.8) is 0 Å². The van der Waals surface area contributed by atoms with E-state index < -0.39 is 0 Å². The van der Waals surface area contributed by atoms with Gasteiger partial charge in [0, 0.05) is 0 Å². The van der Waals surface area contributed by atoms with E-state index in [9.17, 15) is 4.79 Å². The first kappa shape index (κ1) is 19.3. The lowest BCUT2D eigenvalue weighted by Crippen LogP contribution is -2.03. The summed E-state index contributed by atoms with van der Waals surface area (Å²) < 4.78 is 6.13. The molecule has 0 saturated heterocycles. The first-order valence-electron chi connectivity index (χ1n) is 10.6. The molecular weight excluding hydrogens is 380 g/mol. The minimum Gasteiger partial charge on any atom is -0.456 e. The molecule has 0 aliphatic heterocycles. The Kier molecular flexibility index (Phi) is 4.51. The van der Waals surface area contributed by atoms with Crippen molar-refractivity contribution in [3.05, 3.63) is 105 Å². The number of aryl methyl sites for hydroxylation is 4. The third kappa shape index (κ3) is 3.16. The van der Waals surface area contributed by atoms with Crippen LogP contribution in [0.4, 0.5) is 0 Å². The molecule has 2 heteroatoms. The zero-order valence-corrected chi connectivity index (χ0v) is 18.2. The van der Waals surface area contributed by atoms with Crippen LogP contribution in [0, 0.1) is 27.7 Å². The summed E-state index contributed by atoms with van der Waals surface area (Å²) in [4.78, 5) is 13.5. The van der Waals surface area contributed by atoms with Crippen LogP contribution in [0.15, 0.2) is 82.0 Å². The van der Waals surface area contributed by atoms with Gasteiger partial charge in [-0.2, -0.15) is 0 Å². The zero-order valence-electron chi connectivity index (χ0n) is 18.2. The van der Waals surface area contributed by atoms with Crippen LogP contribution in [-0.4, -0.2) is 0 Å². The third-order valence-corrected chi connectivity index (χ3v) is 6.21. The SMILES string of the molecule is Cc1cccc(C)c1-c1ccc2oc3ccc(-c4c(C)cccc4C)cc3c(=O)c2c1. The van der Waals surface area contributed by atoms with Crippen molar-refractivity contribution < 1.29 is 4.42 Å². The van der Waals surface area contributed by atoms with Crippen LogP contribution >= 0.6 is 0 Å². The summed E-state index contributed by atoms with van der Waals surface area (Å²) in [5, 5.41) is 1.23. The number of rotatable bonds is 2. The number of fused-ring (bicyclic) bond motifs is 2. The van der Waals surface area contributed by atoms with E-state index in [1.165, 1.54) is 33.4 Å². The summed E-state index contributed by atoms with van der Waals surface area (Å²) in [6.07, 6.45) is 0. The Morgan fingerprint density at radius 3 is 1.32 bits per heavy atom. The quantitative estimate of drug-likeness (QED) is 0.285. The van der Waals surface area contributed by atoms with Gasteiger partial charge in [0.05, 0.1) is 10.8 Å². The highest BCUT2D eigenvalue weighted by atomic mass is 16.3. The molecule has 5 rings (SSSR count). The second-order valence-corrected chi connectivity index (χ2v) is 8.39. The highest BCUT2D eigenvalue weighted by molar-refractivity contribution is 5.94. The van der Waals surface area contributed by atoms with Gasteiger partial charge in [-0.3, -0.25) is 4.79 Å². The van der Waals surface area contributed by atoms with Gasteiger partial charge in [-0.15, -0.1) is 0 Å². The Bertz CT molecular complexity index is 1380. The van der Waals surface area contributed by atoms with Gasteiger partial charge < -0.3 is 4.42 Å². The van der Waals surface area contributed by atoms with E-state index >= 15 is 0 Å². The van der Waals surface area contributed by atoms with Crippen molar-refractivity contribution in [1.82, 2.24) is 0 Å². The lowest BCUT2D eigenvalue weighted by Gasteiger charge is -2.12. The minimum absolute atomic E-state index is 0.0115. The normalized spacial score (nSPS) is 11.4. The summed E-state index contributed by atoms with van der Waals surface area (Å²) in [6, 6.07) is 24.4. The van der Waals surface area contributed by atoms with E-state index in [0.29, 0.717) is 21.9 Å². The van der Waals surface area contributed by atoms with Crippen molar-refractivity contribution in [2.75, 3.05) is 0 Å². The van der Waals surface area contributed by atoms with Crippen LogP contribution < -0.4 is 5.43 Å². The fourth-order valence-corrected chi connectivity index (χ4v) is 4.71. The van der Waals surface area contributed by atoms with Crippen molar-refractivity contribution in [3.8, 4) is 22.3 Å². The van der Waals surface area contributed by atoms with Gasteiger partial charge in [-0.1, -0.05) is 48.5 Å². The van der Waals surface area contributed by atoms with Crippen LogP contribution in [0.3, 0.4) is 0 Å². The van der Waals surface area contributed by atoms with Crippen molar-refractivity contribution in [2.24, 2.45) is 0 Å². The maximum Gasteiger partial charge on any atom is 0.200 e. The maximum absolute atomic E-state index is 13.5. The summed E-state index contributed by atoms with van der Waals surface area (Å²) >= 11 is 0. The molecule has 1 aromatic heterocycles. The molecule has 0 saturated carbocycles. The second-order valence-electron chi connectivity index (χ2n) is 8.39. The predicted molar refractivity (Wildman–Crippen MR) is 130 cm³/mol. The Morgan fingerprint density at radius 2 is 0.935 bits per heavy atom. The predicted octanol–water partition coefficient (Wildman–Crippen LogP) is 7.51. The highest BCUT2D eigenvalue weighted by Gasteiger charge is 2.13. The van der Waals surface area contributed by atoms with Crippen LogP contribution in [0.1, 0.15) is 22.3 Å². The molecule has 0 N–H and O–H groups in total. The molecule has 31 heavy (non-hydrogen) atoms. The molecule has 5 aromatic rings. The molecule has 0 bridgehead atoms. The molecule has 152 valence electrons. The Hall–Kier alpha value is -3.65. The molecule has 2 nitrogen and oxygen atoms in total. The lowest BCUT2D eigenvalue weighted by molar-refractivity contribution is 0.660. The van der Waals surface area contributed by atoms with Crippen LogP contribution in [0.5, 0.6) is 0 Å². The Balaban J connectivity index is 1.77. The Morgan fingerprint density at radius 1 is 0.548 bits per heavy atom. The lowest BCUT2D eigenvalue weighted by atomic mass is 9.93. The van der Waals surface area contributed by atoms with E-state index in [4.69, 9.17) is 4.42 Å². The van der Waals surface area contributed by atoms with Crippen LogP contribution in [0.2, 0.25) is 0 Å². The van der Waals surface area contributed by atoms with E-state index in [1.807, 2.05) is 36.4 Å². The molecule has 0 aliphatic rings. The van der Waals surface area contributed by atoms with Gasteiger partial charge in [-0.25, -0.2) is 0 Å². The van der Waals surface area contributed by atoms with Gasteiger partial charge in [0.15, 0.2) is 0 Å². The second kappa shape index (κ2) is 7.24. The van der Waals surface area contributed by atoms with E-state index in [1.54, 1.807) is 0 Å². The van der Waals surface area contributed by atoms with Crippen molar-refractivity contribution >= 4 is 21.9 Å². The standard InChI is InChI=1S/C29H24O2/c1-17-7-5-8-18(2)27(17)21-11-13-25-23(15-21)29(30)24-16-22(12-14-26(24)31-25)28-19(3)9-6-10-20(28)4/h5-16H,1-4H3. The number of hydrogen-bond donors (Lipinski definition) is 0. The average molecular weight is 405 g/mol. The van der Waals surface area contributed by atoms with E-state index in [0.717, 1.165) is 11.1 Å². The molecule has 0 aliphatic carbocycles. The fraction of sp³-hybridized carbons (Fsp3) is 0.138. The maximum atomic E-state index is 13.5. The highest BCUT2D eigenvalue weighted by Crippen LogP contribution is 2.32. The van der Waals surface area contributed by atoms with Gasteiger partial charge in [0.2, 0.25) is 5.43 Å². The molecule has 4 aromatic carbocycles. The smallest absolute Gasteiger partial charge is 0.200 e. The first-order chi connectivity index (χ1) is 14.9. The van der Waals surface area contributed by atoms with Gasteiger partial charge in [-0.05, 0) is 96.5 Å². The molecule has 0 amide bonds. The first-order valence-corrected chi connectivity index (χ1v) is 10.6. The summed E-state index contributed by atoms with van der Waals surface area (Å²) in [5.41, 5.74) is 10.5. The molecule has 0 radical (unpaired) electrons. The van der Waals surface area contributed by atoms with Gasteiger partial charge in [0.25, 0.3) is 0 Å². The van der Waals surface area contributed by atoms with Crippen LogP contribution in [0.25, 0.3) is 44.2 Å². The third-order valence-electron chi connectivity index (χ3n) is 6.21. The van der Waals surface area contributed by atoms with Crippen LogP contribution in [-0.2, 0) is 0 Å². The molecule has 0 fully saturated rings. The molecule has 0 spiro atoms. The van der Waals surface area contributed by atoms with Gasteiger partial charge >= 0.3 is 0 Å². The van der Waals surface area contributed by atoms with Crippen molar-refractivity contribution in [1.29, 1.82) is 0 Å². The largest absolute Gasteiger partial charge is 0.456 e. The minimum atomic E-state index is 0.0115. The molecule has 0 unspecified atom stereocenters. The summed E-state index contributed by atoms with van der Waals surface area (Å²) in [5.74, 6) is 0. The molecule has 1 heterocycles.